The molecule has 2 aromatic carbocycles. The number of esters is 1. The van der Waals surface area contributed by atoms with Crippen molar-refractivity contribution >= 4 is 34.7 Å². The number of nitro benzene ring substituents is 1. The van der Waals surface area contributed by atoms with E-state index in [1.165, 1.54) is 50.4 Å². The molecule has 3 aromatic rings. The molecule has 0 saturated heterocycles. The third kappa shape index (κ3) is 4.69. The van der Waals surface area contributed by atoms with Gasteiger partial charge in [-0.25, -0.2) is 9.07 Å². The Labute approximate surface area is 179 Å². The summed E-state index contributed by atoms with van der Waals surface area (Å²) in [7, 11) is 1.21. The molecule has 0 radical (unpaired) electrons. The quantitative estimate of drug-likeness (QED) is 0.268. The summed E-state index contributed by atoms with van der Waals surface area (Å²) in [6.45, 7) is 1.54. The normalized spacial score (nSPS) is 11.4. The number of methoxy groups -OCH3 is 1. The number of benzene rings is 2. The smallest absolute Gasteiger partial charge is 0.311 e. The molecule has 0 amide bonds. The minimum absolute atomic E-state index is 0.0647. The number of nitrogens with zero attached hydrogens (tertiary/aromatic N) is 3. The number of carbonyl (C=O) groups is 1. The molecule has 0 fully saturated rings. The van der Waals surface area contributed by atoms with Crippen LogP contribution in [0.5, 0.6) is 0 Å². The van der Waals surface area contributed by atoms with Crippen LogP contribution in [-0.2, 0) is 16.0 Å². The van der Waals surface area contributed by atoms with Crippen molar-refractivity contribution in [3.05, 3.63) is 85.0 Å². The Bertz CT molecular complexity index is 1250. The van der Waals surface area contributed by atoms with E-state index in [-0.39, 0.29) is 39.8 Å². The first-order chi connectivity index (χ1) is 14.7. The summed E-state index contributed by atoms with van der Waals surface area (Å²) in [5.74, 6) is -1.26. The zero-order valence-corrected chi connectivity index (χ0v) is 17.1. The van der Waals surface area contributed by atoms with Gasteiger partial charge in [0, 0.05) is 18.2 Å². The first-order valence-electron chi connectivity index (χ1n) is 8.87. The minimum Gasteiger partial charge on any atom is -0.469 e. The van der Waals surface area contributed by atoms with E-state index in [0.717, 1.165) is 10.7 Å². The van der Waals surface area contributed by atoms with E-state index in [2.05, 4.69) is 14.8 Å². The summed E-state index contributed by atoms with van der Waals surface area (Å²) >= 11 is 5.68. The summed E-state index contributed by atoms with van der Waals surface area (Å²) in [5, 5.41) is 13.6. The summed E-state index contributed by atoms with van der Waals surface area (Å²) in [5.41, 5.74) is 0.418. The largest absolute Gasteiger partial charge is 0.469 e. The second kappa shape index (κ2) is 8.92. The SMILES string of the molecule is COC(=O)Cc1[nH]n(-c2ccc([N+](=O)[O-])cc2)c(=O)c1C(C)=Nc1ccc(Cl)c(F)c1. The van der Waals surface area contributed by atoms with Crippen molar-refractivity contribution in [3.8, 4) is 5.69 Å². The van der Waals surface area contributed by atoms with Crippen molar-refractivity contribution < 1.29 is 18.8 Å². The van der Waals surface area contributed by atoms with E-state index < -0.39 is 22.3 Å². The van der Waals surface area contributed by atoms with Crippen LogP contribution in [0.25, 0.3) is 5.69 Å². The van der Waals surface area contributed by atoms with Gasteiger partial charge in [0.05, 0.1) is 51.8 Å². The third-order valence-electron chi connectivity index (χ3n) is 4.39. The lowest BCUT2D eigenvalue weighted by Crippen LogP contribution is -2.20. The molecule has 0 atom stereocenters. The molecule has 0 aliphatic heterocycles. The van der Waals surface area contributed by atoms with E-state index >= 15 is 0 Å². The topological polar surface area (TPSA) is 120 Å². The highest BCUT2D eigenvalue weighted by Crippen LogP contribution is 2.22. The number of rotatable bonds is 6. The van der Waals surface area contributed by atoms with Crippen LogP contribution in [0.4, 0.5) is 15.8 Å². The number of H-pyrrole nitrogens is 1. The van der Waals surface area contributed by atoms with Crippen LogP contribution in [0, 0.1) is 15.9 Å². The minimum atomic E-state index is -0.664. The highest BCUT2D eigenvalue weighted by Gasteiger charge is 2.21. The lowest BCUT2D eigenvalue weighted by Gasteiger charge is -2.02. The number of nitrogens with one attached hydrogen (secondary N) is 1. The van der Waals surface area contributed by atoms with Crippen molar-refractivity contribution in [2.75, 3.05) is 7.11 Å². The fraction of sp³-hybridized carbons (Fsp3) is 0.150. The summed E-state index contributed by atoms with van der Waals surface area (Å²) < 4.78 is 19.6. The average Bonchev–Trinajstić information content (AvgIpc) is 3.06. The van der Waals surface area contributed by atoms with E-state index in [1.807, 2.05) is 0 Å². The molecule has 9 nitrogen and oxygen atoms in total. The summed E-state index contributed by atoms with van der Waals surface area (Å²) in [6, 6.07) is 9.22. The monoisotopic (exact) mass is 446 g/mol. The average molecular weight is 447 g/mol. The number of halogens is 2. The second-order valence-corrected chi connectivity index (χ2v) is 6.84. The van der Waals surface area contributed by atoms with Crippen molar-refractivity contribution in [2.24, 2.45) is 4.99 Å². The Kier molecular flexibility index (Phi) is 6.30. The third-order valence-corrected chi connectivity index (χ3v) is 4.70. The first kappa shape index (κ1) is 21.9. The fourth-order valence-corrected chi connectivity index (χ4v) is 3.03. The van der Waals surface area contributed by atoms with Gasteiger partial charge >= 0.3 is 5.97 Å². The van der Waals surface area contributed by atoms with Gasteiger partial charge in [-0.3, -0.25) is 29.8 Å². The molecule has 1 heterocycles. The Morgan fingerprint density at radius 2 is 1.97 bits per heavy atom. The van der Waals surface area contributed by atoms with Crippen LogP contribution >= 0.6 is 11.6 Å². The molecule has 1 N–H and O–H groups in total. The highest BCUT2D eigenvalue weighted by atomic mass is 35.5. The Balaban J connectivity index is 2.12. The molecule has 0 aliphatic rings. The number of carbonyl (C=O) groups excluding carboxylic acids is 1. The van der Waals surface area contributed by atoms with Crippen molar-refractivity contribution in [3.63, 3.8) is 0 Å². The van der Waals surface area contributed by atoms with Gasteiger partial charge in [-0.05, 0) is 31.2 Å². The van der Waals surface area contributed by atoms with Gasteiger partial charge in [-0.15, -0.1) is 0 Å². The van der Waals surface area contributed by atoms with Crippen LogP contribution < -0.4 is 5.56 Å². The Morgan fingerprint density at radius 3 is 2.55 bits per heavy atom. The number of aromatic nitrogens is 2. The molecule has 0 saturated carbocycles. The van der Waals surface area contributed by atoms with Crippen LogP contribution in [0.2, 0.25) is 5.02 Å². The Hall–Kier alpha value is -3.79. The number of non-ortho nitro benzene ring substituents is 1. The number of aliphatic imine (C=N–C) groups is 1. The van der Waals surface area contributed by atoms with Crippen LogP contribution in [0.15, 0.2) is 52.3 Å². The second-order valence-electron chi connectivity index (χ2n) is 6.43. The van der Waals surface area contributed by atoms with Gasteiger partial charge in [0.2, 0.25) is 0 Å². The van der Waals surface area contributed by atoms with Crippen LogP contribution in [-0.4, -0.2) is 33.5 Å². The number of hydrogen-bond donors (Lipinski definition) is 1. The summed E-state index contributed by atoms with van der Waals surface area (Å²) in [4.78, 5) is 39.5. The van der Waals surface area contributed by atoms with Crippen LogP contribution in [0.1, 0.15) is 18.2 Å². The maximum Gasteiger partial charge on any atom is 0.311 e. The van der Waals surface area contributed by atoms with E-state index in [4.69, 9.17) is 11.6 Å². The van der Waals surface area contributed by atoms with Crippen molar-refractivity contribution in [2.45, 2.75) is 13.3 Å². The summed E-state index contributed by atoms with van der Waals surface area (Å²) in [6.07, 6.45) is -0.247. The zero-order valence-electron chi connectivity index (χ0n) is 16.4. The lowest BCUT2D eigenvalue weighted by molar-refractivity contribution is -0.384. The Morgan fingerprint density at radius 1 is 1.29 bits per heavy atom. The molecule has 0 spiro atoms. The van der Waals surface area contributed by atoms with Crippen molar-refractivity contribution in [1.29, 1.82) is 0 Å². The molecular formula is C20H16ClFN4O5. The predicted octanol–water partition coefficient (Wildman–Crippen LogP) is 3.72. The molecule has 3 rings (SSSR count). The predicted molar refractivity (Wildman–Crippen MR) is 112 cm³/mol. The lowest BCUT2D eigenvalue weighted by atomic mass is 10.1. The van der Waals surface area contributed by atoms with Crippen LogP contribution in [0.3, 0.4) is 0 Å². The van der Waals surface area contributed by atoms with E-state index in [0.29, 0.717) is 5.69 Å². The van der Waals surface area contributed by atoms with Gasteiger partial charge in [0.15, 0.2) is 0 Å². The van der Waals surface area contributed by atoms with Gasteiger partial charge in [-0.2, -0.15) is 0 Å². The maximum atomic E-state index is 13.7. The van der Waals surface area contributed by atoms with Crippen molar-refractivity contribution in [1.82, 2.24) is 9.78 Å². The number of nitro groups is 1. The van der Waals surface area contributed by atoms with Gasteiger partial charge in [0.1, 0.15) is 5.82 Å². The number of ether oxygens (including phenoxy) is 1. The molecule has 160 valence electrons. The molecule has 0 bridgehead atoms. The van der Waals surface area contributed by atoms with E-state index in [9.17, 15) is 24.1 Å². The molecule has 11 heteroatoms. The molecule has 1 aromatic heterocycles. The first-order valence-corrected chi connectivity index (χ1v) is 9.25. The number of hydrogen-bond acceptors (Lipinski definition) is 6. The standard InChI is InChI=1S/C20H16ClFN4O5/c1-11(23-12-3-8-15(21)16(22)9-12)19-17(10-18(27)31-2)24-25(20(19)28)13-4-6-14(7-5-13)26(29)30/h3-9,24H,10H2,1-2H3. The fourth-order valence-electron chi connectivity index (χ4n) is 2.91. The van der Waals surface area contributed by atoms with E-state index in [1.54, 1.807) is 0 Å². The van der Waals surface area contributed by atoms with Gasteiger partial charge in [-0.1, -0.05) is 11.6 Å². The zero-order chi connectivity index (χ0) is 22.7. The highest BCUT2D eigenvalue weighted by molar-refractivity contribution is 6.30. The molecular weight excluding hydrogens is 431 g/mol. The van der Waals surface area contributed by atoms with Gasteiger partial charge in [0.25, 0.3) is 11.2 Å². The molecule has 0 aliphatic carbocycles. The molecule has 0 unspecified atom stereocenters. The maximum absolute atomic E-state index is 13.7. The number of aromatic amines is 1. The molecule has 31 heavy (non-hydrogen) atoms. The van der Waals surface area contributed by atoms with Gasteiger partial charge < -0.3 is 4.74 Å².